The zero-order valence-corrected chi connectivity index (χ0v) is 7.09. The van der Waals surface area contributed by atoms with Crippen LogP contribution in [-0.2, 0) is 0 Å². The lowest BCUT2D eigenvalue weighted by atomic mass is 9.83. The van der Waals surface area contributed by atoms with Crippen molar-refractivity contribution in [3.8, 4) is 6.07 Å². The number of hydrogen-bond acceptors (Lipinski definition) is 1. The molecule has 0 radical (unpaired) electrons. The van der Waals surface area contributed by atoms with E-state index in [0.29, 0.717) is 0 Å². The first kappa shape index (κ1) is 8.07. The highest BCUT2D eigenvalue weighted by molar-refractivity contribution is 5.32. The van der Waals surface area contributed by atoms with E-state index in [1.54, 1.807) is 0 Å². The third kappa shape index (κ3) is 1.71. The van der Waals surface area contributed by atoms with E-state index in [9.17, 15) is 0 Å². The summed E-state index contributed by atoms with van der Waals surface area (Å²) in [5, 5.41) is 8.82. The molecule has 1 aliphatic carbocycles. The van der Waals surface area contributed by atoms with Crippen molar-refractivity contribution in [2.45, 2.75) is 26.7 Å². The van der Waals surface area contributed by atoms with Crippen LogP contribution in [0, 0.1) is 16.7 Å². The summed E-state index contributed by atoms with van der Waals surface area (Å²) < 4.78 is 0. The van der Waals surface area contributed by atoms with Crippen molar-refractivity contribution in [2.24, 2.45) is 5.41 Å². The molecule has 1 nitrogen and oxygen atoms in total. The number of nitriles is 1. The average molecular weight is 147 g/mol. The monoisotopic (exact) mass is 147 g/mol. The molecule has 1 heteroatoms. The molecule has 0 N–H and O–H groups in total. The minimum atomic E-state index is -0.309. The predicted molar refractivity (Wildman–Crippen MR) is 45.9 cm³/mol. The van der Waals surface area contributed by atoms with Gasteiger partial charge in [0.1, 0.15) is 0 Å². The lowest BCUT2D eigenvalue weighted by Gasteiger charge is -2.18. The topological polar surface area (TPSA) is 23.8 Å². The normalized spacial score (nSPS) is 17.4. The fourth-order valence-electron chi connectivity index (χ4n) is 1.14. The molecule has 1 rings (SSSR count). The van der Waals surface area contributed by atoms with Gasteiger partial charge in [-0.05, 0) is 32.3 Å². The van der Waals surface area contributed by atoms with Crippen LogP contribution in [0.5, 0.6) is 0 Å². The van der Waals surface area contributed by atoms with Crippen molar-refractivity contribution in [3.05, 3.63) is 23.8 Å². The molecule has 0 aromatic rings. The maximum atomic E-state index is 8.82. The van der Waals surface area contributed by atoms with Gasteiger partial charge in [-0.15, -0.1) is 0 Å². The molecule has 58 valence electrons. The Kier molecular flexibility index (Phi) is 2.14. The first-order valence-corrected chi connectivity index (χ1v) is 3.95. The number of hydrogen-bond donors (Lipinski definition) is 0. The van der Waals surface area contributed by atoms with Gasteiger partial charge >= 0.3 is 0 Å². The number of nitrogens with zero attached hydrogens (tertiary/aromatic N) is 1. The molecule has 0 unspecified atom stereocenters. The predicted octanol–water partition coefficient (Wildman–Crippen LogP) is 2.81. The Bertz CT molecular complexity index is 238. The van der Waals surface area contributed by atoms with E-state index >= 15 is 0 Å². The molecule has 0 amide bonds. The first-order valence-electron chi connectivity index (χ1n) is 3.95. The molecule has 0 saturated heterocycles. The molecule has 1 aliphatic rings. The molecule has 0 aromatic carbocycles. The first-order chi connectivity index (χ1) is 5.17. The van der Waals surface area contributed by atoms with E-state index in [4.69, 9.17) is 5.26 Å². The fraction of sp³-hybridized carbons (Fsp3) is 0.500. The molecule has 0 spiro atoms. The Labute approximate surface area is 68.0 Å². The van der Waals surface area contributed by atoms with Gasteiger partial charge in [-0.3, -0.25) is 0 Å². The molecular weight excluding hydrogens is 134 g/mol. The highest BCUT2D eigenvalue weighted by Crippen LogP contribution is 2.28. The smallest absolute Gasteiger partial charge is 0.0763 e. The van der Waals surface area contributed by atoms with Gasteiger partial charge in [0, 0.05) is 0 Å². The molecule has 0 saturated carbocycles. The minimum Gasteiger partial charge on any atom is -0.197 e. The molecular formula is C10H13N. The van der Waals surface area contributed by atoms with Gasteiger partial charge in [-0.2, -0.15) is 5.26 Å². The summed E-state index contributed by atoms with van der Waals surface area (Å²) in [7, 11) is 0. The highest BCUT2D eigenvalue weighted by atomic mass is 14.3. The van der Waals surface area contributed by atoms with Crippen LogP contribution in [0.3, 0.4) is 0 Å². The van der Waals surface area contributed by atoms with E-state index in [-0.39, 0.29) is 5.41 Å². The van der Waals surface area contributed by atoms with E-state index in [0.717, 1.165) is 18.4 Å². The Morgan fingerprint density at radius 2 is 2.18 bits per heavy atom. The van der Waals surface area contributed by atoms with Crippen LogP contribution in [0.25, 0.3) is 0 Å². The Morgan fingerprint density at radius 1 is 1.45 bits per heavy atom. The highest BCUT2D eigenvalue weighted by Gasteiger charge is 2.20. The maximum absolute atomic E-state index is 8.82. The number of rotatable bonds is 1. The van der Waals surface area contributed by atoms with Crippen molar-refractivity contribution in [2.75, 3.05) is 0 Å². The van der Waals surface area contributed by atoms with Crippen LogP contribution in [0.4, 0.5) is 0 Å². The maximum Gasteiger partial charge on any atom is 0.0763 e. The van der Waals surface area contributed by atoms with Gasteiger partial charge < -0.3 is 0 Å². The number of allylic oxidation sites excluding steroid dienone is 4. The lowest BCUT2D eigenvalue weighted by molar-refractivity contribution is 0.605. The average Bonchev–Trinajstić information content (AvgIpc) is 2.06. The summed E-state index contributed by atoms with van der Waals surface area (Å²) in [6.45, 7) is 3.91. The summed E-state index contributed by atoms with van der Waals surface area (Å²) >= 11 is 0. The molecule has 0 fully saturated rings. The quantitative estimate of drug-likeness (QED) is 0.559. The largest absolute Gasteiger partial charge is 0.197 e. The van der Waals surface area contributed by atoms with Crippen LogP contribution in [0.2, 0.25) is 0 Å². The van der Waals surface area contributed by atoms with Crippen LogP contribution >= 0.6 is 0 Å². The van der Waals surface area contributed by atoms with Crippen molar-refractivity contribution < 1.29 is 0 Å². The van der Waals surface area contributed by atoms with E-state index in [1.807, 2.05) is 13.8 Å². The van der Waals surface area contributed by atoms with Crippen molar-refractivity contribution >= 4 is 0 Å². The molecule has 0 atom stereocenters. The van der Waals surface area contributed by atoms with Crippen molar-refractivity contribution in [1.82, 2.24) is 0 Å². The molecule has 0 aliphatic heterocycles. The fourth-order valence-corrected chi connectivity index (χ4v) is 1.14. The Balaban J connectivity index is 2.84. The van der Waals surface area contributed by atoms with Crippen LogP contribution in [0.15, 0.2) is 23.8 Å². The van der Waals surface area contributed by atoms with Crippen LogP contribution in [-0.4, -0.2) is 0 Å². The third-order valence-corrected chi connectivity index (χ3v) is 2.00. The van der Waals surface area contributed by atoms with Gasteiger partial charge in [0.05, 0.1) is 11.5 Å². The van der Waals surface area contributed by atoms with Crippen LogP contribution < -0.4 is 0 Å². The second-order valence-electron chi connectivity index (χ2n) is 3.38. The standard InChI is InChI=1S/C10H13N/c1-10(2,8-11)9-6-4-3-5-7-9/h4,6-7H,3,5H2,1-2H3. The summed E-state index contributed by atoms with van der Waals surface area (Å²) in [5.41, 5.74) is 0.850. The zero-order chi connectivity index (χ0) is 8.32. The van der Waals surface area contributed by atoms with Crippen molar-refractivity contribution in [1.29, 1.82) is 5.26 Å². The third-order valence-electron chi connectivity index (χ3n) is 2.00. The summed E-state index contributed by atoms with van der Waals surface area (Å²) in [6.07, 6.45) is 8.55. The van der Waals surface area contributed by atoms with E-state index < -0.39 is 0 Å². The Hall–Kier alpha value is -1.03. The summed E-state index contributed by atoms with van der Waals surface area (Å²) in [4.78, 5) is 0. The molecule has 0 heterocycles. The molecule has 0 bridgehead atoms. The minimum absolute atomic E-state index is 0.309. The van der Waals surface area contributed by atoms with Crippen molar-refractivity contribution in [3.63, 3.8) is 0 Å². The van der Waals surface area contributed by atoms with Gasteiger partial charge in [-0.1, -0.05) is 18.2 Å². The van der Waals surface area contributed by atoms with Gasteiger partial charge in [0.15, 0.2) is 0 Å². The summed E-state index contributed by atoms with van der Waals surface area (Å²) in [6, 6.07) is 2.29. The van der Waals surface area contributed by atoms with Gasteiger partial charge in [0.25, 0.3) is 0 Å². The van der Waals surface area contributed by atoms with Gasteiger partial charge in [0.2, 0.25) is 0 Å². The van der Waals surface area contributed by atoms with Crippen LogP contribution in [0.1, 0.15) is 26.7 Å². The zero-order valence-electron chi connectivity index (χ0n) is 7.09. The summed E-state index contributed by atoms with van der Waals surface area (Å²) in [5.74, 6) is 0. The second kappa shape index (κ2) is 2.92. The van der Waals surface area contributed by atoms with E-state index in [1.165, 1.54) is 0 Å². The Morgan fingerprint density at radius 3 is 2.64 bits per heavy atom. The molecule has 11 heavy (non-hydrogen) atoms. The second-order valence-corrected chi connectivity index (χ2v) is 3.38. The molecule has 0 aromatic heterocycles. The SMILES string of the molecule is CC(C)(C#N)C1=CCCC=C1. The lowest BCUT2D eigenvalue weighted by Crippen LogP contribution is -2.11. The van der Waals surface area contributed by atoms with Gasteiger partial charge in [-0.25, -0.2) is 0 Å². The van der Waals surface area contributed by atoms with E-state index in [2.05, 4.69) is 24.3 Å².